The Labute approximate surface area is 149 Å². The van der Waals surface area contributed by atoms with Gasteiger partial charge in [0.1, 0.15) is 5.75 Å². The molecule has 1 unspecified atom stereocenters. The van der Waals surface area contributed by atoms with Crippen LogP contribution in [-0.2, 0) is 4.79 Å². The van der Waals surface area contributed by atoms with E-state index in [2.05, 4.69) is 5.32 Å². The van der Waals surface area contributed by atoms with Gasteiger partial charge in [0.05, 0.1) is 17.2 Å². The maximum atomic E-state index is 13.0. The molecule has 2 amide bonds. The van der Waals surface area contributed by atoms with Crippen molar-refractivity contribution in [3.63, 3.8) is 0 Å². The lowest BCUT2D eigenvalue weighted by Crippen LogP contribution is -2.50. The molecule has 1 atom stereocenters. The number of para-hydroxylation sites is 2. The summed E-state index contributed by atoms with van der Waals surface area (Å²) in [7, 11) is 1.50. The molecule has 0 saturated heterocycles. The second-order valence-corrected chi connectivity index (χ2v) is 5.86. The first-order valence-corrected chi connectivity index (χ1v) is 7.96. The number of rotatable bonds is 3. The zero-order valence-corrected chi connectivity index (χ0v) is 14.3. The molecule has 8 nitrogen and oxygen atoms in total. The number of nitrogens with one attached hydrogen (secondary N) is 1. The van der Waals surface area contributed by atoms with E-state index in [1.807, 2.05) is 0 Å². The fourth-order valence-corrected chi connectivity index (χ4v) is 2.87. The van der Waals surface area contributed by atoms with Crippen molar-refractivity contribution in [2.24, 2.45) is 0 Å². The molecule has 134 valence electrons. The summed E-state index contributed by atoms with van der Waals surface area (Å²) in [5, 5.41) is 13.5. The molecule has 1 aliphatic heterocycles. The minimum absolute atomic E-state index is 0.0472. The fraction of sp³-hybridized carbons (Fsp3) is 0.222. The number of benzene rings is 2. The van der Waals surface area contributed by atoms with E-state index in [1.54, 1.807) is 31.2 Å². The van der Waals surface area contributed by atoms with E-state index in [0.29, 0.717) is 22.6 Å². The van der Waals surface area contributed by atoms with E-state index >= 15 is 0 Å². The van der Waals surface area contributed by atoms with Crippen molar-refractivity contribution >= 4 is 23.2 Å². The summed E-state index contributed by atoms with van der Waals surface area (Å²) >= 11 is 0. The predicted molar refractivity (Wildman–Crippen MR) is 94.4 cm³/mol. The molecule has 26 heavy (non-hydrogen) atoms. The summed E-state index contributed by atoms with van der Waals surface area (Å²) in [6, 6.07) is 11.1. The number of amides is 2. The minimum Gasteiger partial charge on any atom is -0.477 e. The predicted octanol–water partition coefficient (Wildman–Crippen LogP) is 2.06. The van der Waals surface area contributed by atoms with Crippen LogP contribution in [0.1, 0.15) is 15.9 Å². The molecular formula is C18H17N3O5. The van der Waals surface area contributed by atoms with Gasteiger partial charge in [-0.25, -0.2) is 0 Å². The number of carbonyl (C=O) groups excluding carboxylic acids is 2. The number of nitro benzene ring substituents is 1. The van der Waals surface area contributed by atoms with E-state index in [4.69, 9.17) is 4.74 Å². The quantitative estimate of drug-likeness (QED) is 0.671. The van der Waals surface area contributed by atoms with Crippen LogP contribution in [0.4, 0.5) is 11.4 Å². The number of anilines is 1. The third-order valence-corrected chi connectivity index (χ3v) is 4.20. The molecule has 0 spiro atoms. The number of nitrogens with zero attached hydrogens (tertiary/aromatic N) is 2. The lowest BCUT2D eigenvalue weighted by Gasteiger charge is -2.34. The van der Waals surface area contributed by atoms with E-state index in [-0.39, 0.29) is 24.0 Å². The van der Waals surface area contributed by atoms with Crippen LogP contribution in [0.3, 0.4) is 0 Å². The second kappa shape index (κ2) is 6.83. The normalized spacial score (nSPS) is 15.6. The number of hydrogen-bond donors (Lipinski definition) is 1. The standard InChI is InChI=1S/C18H17N3O5/c1-11-9-12(7-8-13(11)21(24)25)18(23)20-10-16(17(22)19-2)26-15-6-4-3-5-14(15)20/h3-9,16H,10H2,1-2H3,(H,19,22). The van der Waals surface area contributed by atoms with E-state index in [9.17, 15) is 19.7 Å². The topological polar surface area (TPSA) is 102 Å². The fourth-order valence-electron chi connectivity index (χ4n) is 2.87. The van der Waals surface area contributed by atoms with Crippen molar-refractivity contribution in [1.29, 1.82) is 0 Å². The molecule has 0 bridgehead atoms. The number of carbonyl (C=O) groups is 2. The Kier molecular flexibility index (Phi) is 4.57. The third kappa shape index (κ3) is 3.08. The molecule has 1 heterocycles. The maximum Gasteiger partial charge on any atom is 0.272 e. The van der Waals surface area contributed by atoms with Gasteiger partial charge in [-0.1, -0.05) is 12.1 Å². The van der Waals surface area contributed by atoms with Gasteiger partial charge >= 0.3 is 0 Å². The lowest BCUT2D eigenvalue weighted by molar-refractivity contribution is -0.385. The van der Waals surface area contributed by atoms with Crippen molar-refractivity contribution in [3.05, 3.63) is 63.7 Å². The van der Waals surface area contributed by atoms with Gasteiger partial charge in [-0.2, -0.15) is 0 Å². The zero-order valence-electron chi connectivity index (χ0n) is 14.3. The number of aryl methyl sites for hydroxylation is 1. The number of ether oxygens (including phenoxy) is 1. The third-order valence-electron chi connectivity index (χ3n) is 4.20. The summed E-state index contributed by atoms with van der Waals surface area (Å²) < 4.78 is 5.68. The highest BCUT2D eigenvalue weighted by atomic mass is 16.6. The molecule has 1 N–H and O–H groups in total. The maximum absolute atomic E-state index is 13.0. The Balaban J connectivity index is 1.98. The Morgan fingerprint density at radius 3 is 2.65 bits per heavy atom. The highest BCUT2D eigenvalue weighted by Crippen LogP contribution is 2.34. The molecule has 1 aliphatic rings. The van der Waals surface area contributed by atoms with Gasteiger partial charge in [-0.3, -0.25) is 19.7 Å². The second-order valence-electron chi connectivity index (χ2n) is 5.86. The highest BCUT2D eigenvalue weighted by Gasteiger charge is 2.34. The number of nitro groups is 1. The van der Waals surface area contributed by atoms with Crippen LogP contribution in [-0.4, -0.2) is 36.4 Å². The largest absolute Gasteiger partial charge is 0.477 e. The smallest absolute Gasteiger partial charge is 0.272 e. The number of hydrogen-bond acceptors (Lipinski definition) is 5. The van der Waals surface area contributed by atoms with Crippen molar-refractivity contribution in [3.8, 4) is 5.75 Å². The first-order chi connectivity index (χ1) is 12.4. The Morgan fingerprint density at radius 2 is 2.00 bits per heavy atom. The molecule has 0 aliphatic carbocycles. The summed E-state index contributed by atoms with van der Waals surface area (Å²) in [6.07, 6.45) is -0.835. The van der Waals surface area contributed by atoms with Crippen LogP contribution in [0.15, 0.2) is 42.5 Å². The van der Waals surface area contributed by atoms with Crippen LogP contribution in [0.2, 0.25) is 0 Å². The summed E-state index contributed by atoms with van der Waals surface area (Å²) in [4.78, 5) is 37.0. The molecule has 0 aromatic heterocycles. The Hall–Kier alpha value is -3.42. The number of fused-ring (bicyclic) bond motifs is 1. The molecule has 0 radical (unpaired) electrons. The summed E-state index contributed by atoms with van der Waals surface area (Å²) in [5.74, 6) is -0.260. The average molecular weight is 355 g/mol. The van der Waals surface area contributed by atoms with Crippen LogP contribution in [0, 0.1) is 17.0 Å². The van der Waals surface area contributed by atoms with Crippen LogP contribution in [0.25, 0.3) is 0 Å². The van der Waals surface area contributed by atoms with Crippen molar-refractivity contribution < 1.29 is 19.2 Å². The van der Waals surface area contributed by atoms with Gasteiger partial charge in [-0.05, 0) is 31.2 Å². The van der Waals surface area contributed by atoms with E-state index in [1.165, 1.54) is 30.1 Å². The SMILES string of the molecule is CNC(=O)C1CN(C(=O)c2ccc([N+](=O)[O-])c(C)c2)c2ccccc2O1. The molecule has 2 aromatic rings. The van der Waals surface area contributed by atoms with Crippen molar-refractivity contribution in [2.75, 3.05) is 18.5 Å². The van der Waals surface area contributed by atoms with Gasteiger partial charge in [0.15, 0.2) is 6.10 Å². The minimum atomic E-state index is -0.835. The van der Waals surface area contributed by atoms with Gasteiger partial charge < -0.3 is 15.0 Å². The van der Waals surface area contributed by atoms with Crippen molar-refractivity contribution in [1.82, 2.24) is 5.32 Å². The highest BCUT2D eigenvalue weighted by molar-refractivity contribution is 6.08. The monoisotopic (exact) mass is 355 g/mol. The van der Waals surface area contributed by atoms with Gasteiger partial charge in [0.2, 0.25) is 0 Å². The zero-order chi connectivity index (χ0) is 18.8. The van der Waals surface area contributed by atoms with Gasteiger partial charge in [-0.15, -0.1) is 0 Å². The van der Waals surface area contributed by atoms with E-state index in [0.717, 1.165) is 0 Å². The van der Waals surface area contributed by atoms with Crippen LogP contribution >= 0.6 is 0 Å². The van der Waals surface area contributed by atoms with Crippen molar-refractivity contribution in [2.45, 2.75) is 13.0 Å². The first kappa shape index (κ1) is 17.4. The van der Waals surface area contributed by atoms with Gasteiger partial charge in [0.25, 0.3) is 17.5 Å². The van der Waals surface area contributed by atoms with Gasteiger partial charge in [0, 0.05) is 24.2 Å². The number of likely N-dealkylation sites (N-methyl/N-ethyl adjacent to an activating group) is 1. The lowest BCUT2D eigenvalue weighted by atomic mass is 10.1. The Bertz CT molecular complexity index is 896. The average Bonchev–Trinajstić information content (AvgIpc) is 2.65. The first-order valence-electron chi connectivity index (χ1n) is 7.96. The Morgan fingerprint density at radius 1 is 1.27 bits per heavy atom. The molecular weight excluding hydrogens is 338 g/mol. The molecule has 8 heteroatoms. The molecule has 0 fully saturated rings. The molecule has 3 rings (SSSR count). The summed E-state index contributed by atoms with van der Waals surface area (Å²) in [6.45, 7) is 1.63. The van der Waals surface area contributed by atoms with E-state index < -0.39 is 11.0 Å². The van der Waals surface area contributed by atoms with Crippen LogP contribution in [0.5, 0.6) is 5.75 Å². The van der Waals surface area contributed by atoms with Crippen LogP contribution < -0.4 is 15.0 Å². The summed E-state index contributed by atoms with van der Waals surface area (Å²) in [5.41, 5.74) is 1.20. The molecule has 0 saturated carbocycles. The molecule has 2 aromatic carbocycles.